The number of fused-ring (bicyclic) bond motifs is 2. The van der Waals surface area contributed by atoms with Crippen molar-refractivity contribution in [2.24, 2.45) is 0 Å². The Morgan fingerprint density at radius 2 is 1.87 bits per heavy atom. The Bertz CT molecular complexity index is 672. The van der Waals surface area contributed by atoms with Gasteiger partial charge in [-0.15, -0.1) is 12.4 Å². The molecule has 2 atom stereocenters. The average molecular weight is 365 g/mol. The van der Waals surface area contributed by atoms with E-state index in [0.717, 1.165) is 25.7 Å². The zero-order valence-electron chi connectivity index (χ0n) is 13.1. The highest BCUT2D eigenvalue weighted by Gasteiger charge is 2.35. The molecular weight excluding hydrogens is 343 g/mol. The van der Waals surface area contributed by atoms with Crippen LogP contribution in [0, 0.1) is 12.7 Å². The molecule has 0 amide bonds. The Morgan fingerprint density at radius 1 is 1.26 bits per heavy atom. The second kappa shape index (κ2) is 6.93. The van der Waals surface area contributed by atoms with Crippen LogP contribution in [0.2, 0.25) is 0 Å². The predicted molar refractivity (Wildman–Crippen MR) is 88.2 cm³/mol. The van der Waals surface area contributed by atoms with Gasteiger partial charge in [-0.2, -0.15) is 0 Å². The minimum atomic E-state index is -3.73. The van der Waals surface area contributed by atoms with Crippen LogP contribution < -0.4 is 14.8 Å². The molecule has 1 aromatic rings. The number of piperidine rings is 1. The van der Waals surface area contributed by atoms with Crippen LogP contribution in [0.25, 0.3) is 0 Å². The van der Waals surface area contributed by atoms with Crippen LogP contribution in [0.1, 0.15) is 31.2 Å². The van der Waals surface area contributed by atoms with Crippen molar-refractivity contribution in [3.05, 3.63) is 23.5 Å². The lowest BCUT2D eigenvalue weighted by atomic mass is 10.0. The molecule has 130 valence electrons. The number of halogens is 2. The molecule has 0 spiro atoms. The summed E-state index contributed by atoms with van der Waals surface area (Å²) in [7, 11) is -2.37. The van der Waals surface area contributed by atoms with Crippen molar-refractivity contribution in [2.45, 2.75) is 55.6 Å². The van der Waals surface area contributed by atoms with Gasteiger partial charge in [0, 0.05) is 23.7 Å². The number of sulfonamides is 1. The minimum Gasteiger partial charge on any atom is -0.494 e. The first kappa shape index (κ1) is 18.4. The molecule has 0 aromatic heterocycles. The van der Waals surface area contributed by atoms with Crippen LogP contribution in [0.5, 0.6) is 5.75 Å². The van der Waals surface area contributed by atoms with Crippen LogP contribution >= 0.6 is 12.4 Å². The molecule has 0 radical (unpaired) electrons. The fraction of sp³-hybridized carbons (Fsp3) is 0.600. The van der Waals surface area contributed by atoms with Crippen molar-refractivity contribution in [1.29, 1.82) is 0 Å². The maximum Gasteiger partial charge on any atom is 0.241 e. The van der Waals surface area contributed by atoms with Gasteiger partial charge in [0.15, 0.2) is 11.6 Å². The summed E-state index contributed by atoms with van der Waals surface area (Å²) in [5.74, 6) is -0.577. The molecule has 8 heteroatoms. The van der Waals surface area contributed by atoms with Gasteiger partial charge in [0.2, 0.25) is 10.0 Å². The van der Waals surface area contributed by atoms with Crippen molar-refractivity contribution >= 4 is 22.4 Å². The van der Waals surface area contributed by atoms with Gasteiger partial charge in [0.25, 0.3) is 0 Å². The normalized spacial score (nSPS) is 26.7. The molecule has 1 aromatic carbocycles. The summed E-state index contributed by atoms with van der Waals surface area (Å²) >= 11 is 0. The number of rotatable bonds is 4. The lowest BCUT2D eigenvalue weighted by Gasteiger charge is -2.29. The monoisotopic (exact) mass is 364 g/mol. The van der Waals surface area contributed by atoms with Crippen molar-refractivity contribution < 1.29 is 17.5 Å². The number of benzene rings is 1. The van der Waals surface area contributed by atoms with Crippen LogP contribution in [-0.4, -0.2) is 33.7 Å². The second-order valence-corrected chi connectivity index (χ2v) is 7.81. The fourth-order valence-electron chi connectivity index (χ4n) is 3.53. The molecule has 2 aliphatic rings. The largest absolute Gasteiger partial charge is 0.494 e. The Morgan fingerprint density at radius 3 is 2.43 bits per heavy atom. The average Bonchev–Trinajstić information content (AvgIpc) is 2.80. The Balaban J connectivity index is 0.00000192. The third kappa shape index (κ3) is 3.63. The van der Waals surface area contributed by atoms with E-state index in [-0.39, 0.29) is 34.7 Å². The summed E-state index contributed by atoms with van der Waals surface area (Å²) in [5.41, 5.74) is 0.0868. The molecule has 23 heavy (non-hydrogen) atoms. The van der Waals surface area contributed by atoms with Crippen LogP contribution in [0.3, 0.4) is 0 Å². The van der Waals surface area contributed by atoms with E-state index >= 15 is 0 Å². The van der Waals surface area contributed by atoms with Gasteiger partial charge in [0.05, 0.1) is 12.0 Å². The lowest BCUT2D eigenvalue weighted by molar-refractivity contribution is 0.345. The lowest BCUT2D eigenvalue weighted by Crippen LogP contribution is -2.48. The summed E-state index contributed by atoms with van der Waals surface area (Å²) in [6.07, 6.45) is 3.76. The molecule has 3 rings (SSSR count). The third-order valence-corrected chi connectivity index (χ3v) is 6.27. The van der Waals surface area contributed by atoms with Crippen molar-refractivity contribution in [3.63, 3.8) is 0 Å². The van der Waals surface area contributed by atoms with Crippen molar-refractivity contribution in [3.8, 4) is 5.75 Å². The number of ether oxygens (including phenoxy) is 1. The zero-order valence-corrected chi connectivity index (χ0v) is 14.8. The van der Waals surface area contributed by atoms with Crippen LogP contribution in [0.15, 0.2) is 17.0 Å². The van der Waals surface area contributed by atoms with Gasteiger partial charge in [-0.25, -0.2) is 17.5 Å². The van der Waals surface area contributed by atoms with Crippen molar-refractivity contribution in [1.82, 2.24) is 10.0 Å². The first-order valence-corrected chi connectivity index (χ1v) is 9.00. The van der Waals surface area contributed by atoms with E-state index in [1.807, 2.05) is 0 Å². The zero-order chi connectivity index (χ0) is 15.9. The second-order valence-electron chi connectivity index (χ2n) is 6.13. The smallest absolute Gasteiger partial charge is 0.241 e. The standard InChI is InChI=1S/C15H21FN2O3S.ClH/c1-9-14(6-5-13(21-2)15(9)16)22(19,20)18-12-7-10-3-4-11(8-12)17-10;/h5-6,10-12,17-18H,3-4,7-8H2,1-2H3;1H. The van der Waals surface area contributed by atoms with E-state index in [0.29, 0.717) is 12.1 Å². The van der Waals surface area contributed by atoms with E-state index in [2.05, 4.69) is 10.0 Å². The van der Waals surface area contributed by atoms with E-state index in [9.17, 15) is 12.8 Å². The predicted octanol–water partition coefficient (Wildman–Crippen LogP) is 2.13. The Hall–Kier alpha value is -0.890. The molecule has 2 unspecified atom stereocenters. The Labute approximate surface area is 142 Å². The summed E-state index contributed by atoms with van der Waals surface area (Å²) in [5, 5.41) is 3.47. The minimum absolute atomic E-state index is 0. The van der Waals surface area contributed by atoms with Crippen LogP contribution in [0.4, 0.5) is 4.39 Å². The number of hydrogen-bond donors (Lipinski definition) is 2. The number of hydrogen-bond acceptors (Lipinski definition) is 4. The molecule has 2 N–H and O–H groups in total. The molecule has 2 aliphatic heterocycles. The SMILES string of the molecule is COc1ccc(S(=O)(=O)NC2CC3CCC(C2)N3)c(C)c1F.Cl. The van der Waals surface area contributed by atoms with E-state index in [1.165, 1.54) is 26.2 Å². The summed E-state index contributed by atoms with van der Waals surface area (Å²) in [6.45, 7) is 1.46. The molecule has 2 bridgehead atoms. The highest BCUT2D eigenvalue weighted by atomic mass is 35.5. The fourth-order valence-corrected chi connectivity index (χ4v) is 5.03. The maximum absolute atomic E-state index is 14.1. The van der Waals surface area contributed by atoms with Crippen molar-refractivity contribution in [2.75, 3.05) is 7.11 Å². The Kier molecular flexibility index (Phi) is 5.56. The summed E-state index contributed by atoms with van der Waals surface area (Å²) < 4.78 is 46.8. The van der Waals surface area contributed by atoms with Gasteiger partial charge >= 0.3 is 0 Å². The summed E-state index contributed by atoms with van der Waals surface area (Å²) in [4.78, 5) is -0.0170. The van der Waals surface area contributed by atoms with E-state index in [4.69, 9.17) is 4.74 Å². The maximum atomic E-state index is 14.1. The molecule has 0 saturated carbocycles. The quantitative estimate of drug-likeness (QED) is 0.858. The van der Waals surface area contributed by atoms with Gasteiger partial charge < -0.3 is 10.1 Å². The highest BCUT2D eigenvalue weighted by molar-refractivity contribution is 7.89. The topological polar surface area (TPSA) is 67.4 Å². The number of nitrogens with one attached hydrogen (secondary N) is 2. The molecule has 2 fully saturated rings. The first-order valence-electron chi connectivity index (χ1n) is 7.52. The van der Waals surface area contributed by atoms with E-state index in [1.54, 1.807) is 0 Å². The highest BCUT2D eigenvalue weighted by Crippen LogP contribution is 2.29. The van der Waals surface area contributed by atoms with Gasteiger partial charge in [-0.3, -0.25) is 0 Å². The number of methoxy groups -OCH3 is 1. The first-order chi connectivity index (χ1) is 10.4. The summed E-state index contributed by atoms with van der Waals surface area (Å²) in [6, 6.07) is 3.44. The van der Waals surface area contributed by atoms with Gasteiger partial charge in [-0.05, 0) is 44.7 Å². The van der Waals surface area contributed by atoms with Crippen LogP contribution in [-0.2, 0) is 10.0 Å². The molecule has 2 saturated heterocycles. The molecule has 0 aliphatic carbocycles. The third-order valence-electron chi connectivity index (χ3n) is 4.61. The molecular formula is C15H22ClFN2O3S. The van der Waals surface area contributed by atoms with Gasteiger partial charge in [-0.1, -0.05) is 0 Å². The van der Waals surface area contributed by atoms with Gasteiger partial charge in [0.1, 0.15) is 0 Å². The van der Waals surface area contributed by atoms with E-state index < -0.39 is 15.8 Å². The molecule has 5 nitrogen and oxygen atoms in total. The molecule has 2 heterocycles.